The number of rotatable bonds is 4. The van der Waals surface area contributed by atoms with Gasteiger partial charge in [-0.2, -0.15) is 0 Å². The maximum absolute atomic E-state index is 14.0. The number of hydrogen-bond acceptors (Lipinski definition) is 0. The Labute approximate surface area is 106 Å². The van der Waals surface area contributed by atoms with E-state index in [-0.39, 0.29) is 12.0 Å². The lowest BCUT2D eigenvalue weighted by Gasteiger charge is -2.18. The van der Waals surface area contributed by atoms with Gasteiger partial charge in [-0.05, 0) is 11.1 Å². The first kappa shape index (κ1) is 12.5. The van der Waals surface area contributed by atoms with Crippen molar-refractivity contribution in [2.45, 2.75) is 12.3 Å². The van der Waals surface area contributed by atoms with Gasteiger partial charge in [-0.15, -0.1) is 0 Å². The van der Waals surface area contributed by atoms with Crippen molar-refractivity contribution in [1.29, 1.82) is 0 Å². The molecule has 0 saturated carbocycles. The highest BCUT2D eigenvalue weighted by molar-refractivity contribution is 5.64. The average molecular weight is 244 g/mol. The van der Waals surface area contributed by atoms with Crippen LogP contribution in [0.25, 0.3) is 5.57 Å². The van der Waals surface area contributed by atoms with E-state index in [4.69, 9.17) is 0 Å². The molecular formula is C16H14F2. The Kier molecular flexibility index (Phi) is 3.56. The molecular weight excluding hydrogens is 230 g/mol. The van der Waals surface area contributed by atoms with E-state index in [0.29, 0.717) is 5.57 Å². The van der Waals surface area contributed by atoms with Gasteiger partial charge in [-0.25, -0.2) is 8.78 Å². The first-order chi connectivity index (χ1) is 8.59. The Bertz CT molecular complexity index is 515. The van der Waals surface area contributed by atoms with E-state index >= 15 is 0 Å². The van der Waals surface area contributed by atoms with Gasteiger partial charge < -0.3 is 0 Å². The molecule has 18 heavy (non-hydrogen) atoms. The summed E-state index contributed by atoms with van der Waals surface area (Å²) in [6, 6.07) is 16.9. The summed E-state index contributed by atoms with van der Waals surface area (Å²) < 4.78 is 28.1. The molecule has 0 amide bonds. The topological polar surface area (TPSA) is 0 Å². The number of benzene rings is 2. The average Bonchev–Trinajstić information content (AvgIpc) is 2.40. The van der Waals surface area contributed by atoms with Crippen molar-refractivity contribution < 1.29 is 8.78 Å². The predicted octanol–water partition coefficient (Wildman–Crippen LogP) is 4.88. The summed E-state index contributed by atoms with van der Waals surface area (Å²) in [7, 11) is 0. The third kappa shape index (κ3) is 2.83. The van der Waals surface area contributed by atoms with E-state index in [1.807, 2.05) is 18.2 Å². The lowest BCUT2D eigenvalue weighted by Crippen LogP contribution is -2.13. The molecule has 0 saturated heterocycles. The number of allylic oxidation sites excluding steroid dienone is 1. The Balaban J connectivity index is 2.17. The molecule has 0 radical (unpaired) electrons. The summed E-state index contributed by atoms with van der Waals surface area (Å²) in [6.07, 6.45) is -0.360. The fourth-order valence-electron chi connectivity index (χ4n) is 1.83. The van der Waals surface area contributed by atoms with Crippen molar-refractivity contribution >= 4 is 5.57 Å². The lowest BCUT2D eigenvalue weighted by atomic mass is 9.97. The van der Waals surface area contributed by atoms with Crippen LogP contribution in [-0.2, 0) is 5.92 Å². The van der Waals surface area contributed by atoms with Gasteiger partial charge >= 0.3 is 0 Å². The van der Waals surface area contributed by atoms with Crippen LogP contribution in [0.15, 0.2) is 67.2 Å². The quantitative estimate of drug-likeness (QED) is 0.719. The third-order valence-electron chi connectivity index (χ3n) is 2.81. The zero-order valence-electron chi connectivity index (χ0n) is 9.94. The molecule has 0 bridgehead atoms. The second kappa shape index (κ2) is 5.13. The molecule has 0 heterocycles. The molecule has 0 unspecified atom stereocenters. The molecule has 2 aromatic carbocycles. The van der Waals surface area contributed by atoms with Crippen molar-refractivity contribution in [2.75, 3.05) is 0 Å². The molecule has 0 aromatic heterocycles. The van der Waals surface area contributed by atoms with E-state index in [2.05, 4.69) is 6.58 Å². The first-order valence-electron chi connectivity index (χ1n) is 5.76. The van der Waals surface area contributed by atoms with Crippen molar-refractivity contribution in [3.63, 3.8) is 0 Å². The molecule has 0 spiro atoms. The summed E-state index contributed by atoms with van der Waals surface area (Å²) >= 11 is 0. The minimum absolute atomic E-state index is 0.0297. The maximum Gasteiger partial charge on any atom is 0.277 e. The van der Waals surface area contributed by atoms with Crippen molar-refractivity contribution in [1.82, 2.24) is 0 Å². The van der Waals surface area contributed by atoms with Crippen LogP contribution in [0.3, 0.4) is 0 Å². The fourth-order valence-corrected chi connectivity index (χ4v) is 1.83. The lowest BCUT2D eigenvalue weighted by molar-refractivity contribution is 0.00164. The second-order valence-electron chi connectivity index (χ2n) is 4.22. The summed E-state index contributed by atoms with van der Waals surface area (Å²) in [5.74, 6) is -2.88. The predicted molar refractivity (Wildman–Crippen MR) is 70.4 cm³/mol. The molecule has 0 fully saturated rings. The van der Waals surface area contributed by atoms with Gasteiger partial charge in [0.2, 0.25) is 0 Å². The number of alkyl halides is 2. The van der Waals surface area contributed by atoms with Crippen LogP contribution >= 0.6 is 0 Å². The molecule has 0 atom stereocenters. The van der Waals surface area contributed by atoms with Crippen LogP contribution in [0.1, 0.15) is 17.5 Å². The molecule has 0 nitrogen and oxygen atoms in total. The summed E-state index contributed by atoms with van der Waals surface area (Å²) in [6.45, 7) is 3.76. The molecule has 2 heteroatoms. The monoisotopic (exact) mass is 244 g/mol. The highest BCUT2D eigenvalue weighted by Crippen LogP contribution is 2.36. The molecule has 2 rings (SSSR count). The third-order valence-corrected chi connectivity index (χ3v) is 2.81. The SMILES string of the molecule is C=C(CC(F)(F)c1ccccc1)c1ccccc1. The van der Waals surface area contributed by atoms with Crippen LogP contribution < -0.4 is 0 Å². The van der Waals surface area contributed by atoms with Gasteiger partial charge in [0, 0.05) is 12.0 Å². The highest BCUT2D eigenvalue weighted by atomic mass is 19.3. The number of halogens is 2. The Morgan fingerprint density at radius 1 is 0.889 bits per heavy atom. The Hall–Kier alpha value is -1.96. The Morgan fingerprint density at radius 2 is 1.39 bits per heavy atom. The molecule has 2 aromatic rings. The van der Waals surface area contributed by atoms with Gasteiger partial charge in [0.15, 0.2) is 0 Å². The molecule has 0 aliphatic rings. The van der Waals surface area contributed by atoms with Crippen LogP contribution in [-0.4, -0.2) is 0 Å². The number of hydrogen-bond donors (Lipinski definition) is 0. The van der Waals surface area contributed by atoms with Crippen LogP contribution in [0.4, 0.5) is 8.78 Å². The molecule has 0 N–H and O–H groups in total. The van der Waals surface area contributed by atoms with E-state index in [1.165, 1.54) is 12.1 Å². The zero-order chi connectivity index (χ0) is 13.0. The Morgan fingerprint density at radius 3 is 1.94 bits per heavy atom. The van der Waals surface area contributed by atoms with Gasteiger partial charge in [0.05, 0.1) is 0 Å². The molecule has 0 aliphatic heterocycles. The molecule has 0 aliphatic carbocycles. The normalized spacial score (nSPS) is 11.2. The van der Waals surface area contributed by atoms with Crippen LogP contribution in [0, 0.1) is 0 Å². The standard InChI is InChI=1S/C16H14F2/c1-13(14-8-4-2-5-9-14)12-16(17,18)15-10-6-3-7-11-15/h2-11H,1,12H2. The summed E-state index contributed by atoms with van der Waals surface area (Å²) in [4.78, 5) is 0. The molecule has 92 valence electrons. The van der Waals surface area contributed by atoms with E-state index in [9.17, 15) is 8.78 Å². The largest absolute Gasteiger partial charge is 0.277 e. The minimum Gasteiger partial charge on any atom is -0.201 e. The fraction of sp³-hybridized carbons (Fsp3) is 0.125. The van der Waals surface area contributed by atoms with Gasteiger partial charge in [0.1, 0.15) is 0 Å². The van der Waals surface area contributed by atoms with Crippen LogP contribution in [0.5, 0.6) is 0 Å². The maximum atomic E-state index is 14.0. The summed E-state index contributed by atoms with van der Waals surface area (Å²) in [5, 5.41) is 0. The van der Waals surface area contributed by atoms with Gasteiger partial charge in [-0.3, -0.25) is 0 Å². The zero-order valence-corrected chi connectivity index (χ0v) is 9.94. The van der Waals surface area contributed by atoms with Gasteiger partial charge in [0.25, 0.3) is 5.92 Å². The second-order valence-corrected chi connectivity index (χ2v) is 4.22. The van der Waals surface area contributed by atoms with Crippen LogP contribution in [0.2, 0.25) is 0 Å². The highest BCUT2D eigenvalue weighted by Gasteiger charge is 2.32. The minimum atomic E-state index is -2.88. The van der Waals surface area contributed by atoms with E-state index < -0.39 is 5.92 Å². The van der Waals surface area contributed by atoms with Gasteiger partial charge in [-0.1, -0.05) is 67.2 Å². The van der Waals surface area contributed by atoms with E-state index in [0.717, 1.165) is 5.56 Å². The first-order valence-corrected chi connectivity index (χ1v) is 5.76. The van der Waals surface area contributed by atoms with Crippen molar-refractivity contribution in [2.24, 2.45) is 0 Å². The smallest absolute Gasteiger partial charge is 0.201 e. The van der Waals surface area contributed by atoms with Crippen molar-refractivity contribution in [3.05, 3.63) is 78.4 Å². The van der Waals surface area contributed by atoms with Crippen molar-refractivity contribution in [3.8, 4) is 0 Å². The summed E-state index contributed by atoms with van der Waals surface area (Å²) in [5.41, 5.74) is 1.24. The van der Waals surface area contributed by atoms with E-state index in [1.54, 1.807) is 30.3 Å².